The van der Waals surface area contributed by atoms with Crippen molar-refractivity contribution in [2.75, 3.05) is 19.6 Å². The molecule has 1 aliphatic rings. The lowest BCUT2D eigenvalue weighted by Gasteiger charge is -2.39. The van der Waals surface area contributed by atoms with E-state index in [1.807, 2.05) is 75.2 Å². The molecular weight excluding hydrogens is 388 g/mol. The highest BCUT2D eigenvalue weighted by atomic mass is 35.5. The van der Waals surface area contributed by atoms with Crippen molar-refractivity contribution >= 4 is 23.5 Å². The van der Waals surface area contributed by atoms with Crippen LogP contribution in [-0.2, 0) is 11.3 Å². The molecule has 1 N–H and O–H groups in total. The number of carbonyl (C=O) groups excluding carboxylic acids is 2. The number of benzene rings is 1. The number of fused-ring (bicyclic) bond motifs is 1. The van der Waals surface area contributed by atoms with E-state index in [-0.39, 0.29) is 30.1 Å². The quantitative estimate of drug-likeness (QED) is 0.821. The number of likely N-dealkylation sites (N-methyl/N-ethyl adjacent to an activating group) is 1. The van der Waals surface area contributed by atoms with Gasteiger partial charge in [-0.05, 0) is 51.5 Å². The van der Waals surface area contributed by atoms with Crippen LogP contribution >= 0.6 is 11.6 Å². The molecule has 0 saturated heterocycles. The van der Waals surface area contributed by atoms with Gasteiger partial charge < -0.3 is 19.7 Å². The van der Waals surface area contributed by atoms with E-state index < -0.39 is 0 Å². The van der Waals surface area contributed by atoms with Crippen LogP contribution in [0.4, 0.5) is 4.79 Å². The third kappa shape index (κ3) is 4.75. The lowest BCUT2D eigenvalue weighted by Crippen LogP contribution is -2.52. The van der Waals surface area contributed by atoms with Crippen LogP contribution in [0.15, 0.2) is 42.6 Å². The fraction of sp³-hybridized carbons (Fsp3) is 0.455. The molecule has 1 aromatic heterocycles. The van der Waals surface area contributed by atoms with E-state index in [0.29, 0.717) is 18.1 Å². The lowest BCUT2D eigenvalue weighted by atomic mass is 9.99. The Balaban J connectivity index is 1.87. The maximum absolute atomic E-state index is 13.3. The number of halogens is 1. The summed E-state index contributed by atoms with van der Waals surface area (Å²) in [6.45, 7) is 9.41. The second kappa shape index (κ2) is 8.49. The van der Waals surface area contributed by atoms with E-state index in [0.717, 1.165) is 17.8 Å². The molecule has 156 valence electrons. The van der Waals surface area contributed by atoms with Gasteiger partial charge >= 0.3 is 6.03 Å². The van der Waals surface area contributed by atoms with Crippen molar-refractivity contribution in [3.05, 3.63) is 58.9 Å². The molecule has 1 unspecified atom stereocenters. The molecule has 3 amide bonds. The molecular formula is C22H29ClN4O2. The molecule has 0 saturated carbocycles. The van der Waals surface area contributed by atoms with Crippen molar-refractivity contribution in [3.8, 4) is 0 Å². The normalized spacial score (nSPS) is 16.3. The molecule has 1 aromatic carbocycles. The number of carbonyl (C=O) groups is 2. The van der Waals surface area contributed by atoms with Crippen molar-refractivity contribution in [2.24, 2.45) is 0 Å². The Bertz CT molecular complexity index is 887. The van der Waals surface area contributed by atoms with Crippen LogP contribution in [0, 0.1) is 0 Å². The maximum atomic E-state index is 13.3. The highest BCUT2D eigenvalue weighted by Gasteiger charge is 2.34. The first-order valence-electron chi connectivity index (χ1n) is 9.97. The molecule has 6 nitrogen and oxygen atoms in total. The van der Waals surface area contributed by atoms with Crippen LogP contribution in [-0.4, -0.2) is 51.5 Å². The summed E-state index contributed by atoms with van der Waals surface area (Å²) in [5.41, 5.74) is 1.56. The first-order chi connectivity index (χ1) is 13.7. The van der Waals surface area contributed by atoms with E-state index in [9.17, 15) is 9.59 Å². The highest BCUT2D eigenvalue weighted by molar-refractivity contribution is 6.31. The topological polar surface area (TPSA) is 57.6 Å². The van der Waals surface area contributed by atoms with Crippen LogP contribution in [0.2, 0.25) is 5.02 Å². The summed E-state index contributed by atoms with van der Waals surface area (Å²) in [5.74, 6) is -0.0896. The number of nitrogens with one attached hydrogen (secondary N) is 1. The van der Waals surface area contributed by atoms with Gasteiger partial charge in [-0.1, -0.05) is 29.8 Å². The molecule has 2 heterocycles. The van der Waals surface area contributed by atoms with Crippen LogP contribution in [0.5, 0.6) is 0 Å². The zero-order valence-corrected chi connectivity index (χ0v) is 18.2. The zero-order chi connectivity index (χ0) is 21.2. The number of nitrogens with zero attached hydrogens (tertiary/aromatic N) is 3. The van der Waals surface area contributed by atoms with Gasteiger partial charge in [-0.2, -0.15) is 0 Å². The number of rotatable bonds is 4. The monoisotopic (exact) mass is 416 g/mol. The summed E-state index contributed by atoms with van der Waals surface area (Å²) in [6, 6.07) is 11.1. The zero-order valence-electron chi connectivity index (χ0n) is 17.5. The Kier molecular flexibility index (Phi) is 6.22. The average molecular weight is 417 g/mol. The third-order valence-corrected chi connectivity index (χ3v) is 5.38. The number of hydrogen-bond acceptors (Lipinski definition) is 2. The summed E-state index contributed by atoms with van der Waals surface area (Å²) < 4.78 is 2.15. The molecule has 1 atom stereocenters. The van der Waals surface area contributed by atoms with E-state index in [4.69, 9.17) is 11.6 Å². The minimum absolute atomic E-state index is 0.0279. The second-order valence-electron chi connectivity index (χ2n) is 8.33. The summed E-state index contributed by atoms with van der Waals surface area (Å²) >= 11 is 6.50. The minimum Gasteiger partial charge on any atom is -0.348 e. The van der Waals surface area contributed by atoms with Crippen LogP contribution < -0.4 is 5.32 Å². The Labute approximate surface area is 177 Å². The van der Waals surface area contributed by atoms with Crippen LogP contribution in [0.25, 0.3) is 0 Å². The molecule has 1 aliphatic heterocycles. The average Bonchev–Trinajstić information content (AvgIpc) is 3.13. The summed E-state index contributed by atoms with van der Waals surface area (Å²) in [6.07, 6.45) is 2.02. The SMILES string of the molecule is CCN(CC(=O)N1CCn2cccc2C1c1ccccc1Cl)C(=O)NC(C)(C)C. The van der Waals surface area contributed by atoms with Crippen molar-refractivity contribution in [1.82, 2.24) is 19.7 Å². The van der Waals surface area contributed by atoms with Crippen molar-refractivity contribution < 1.29 is 9.59 Å². The number of aromatic nitrogens is 1. The van der Waals surface area contributed by atoms with E-state index in [1.54, 1.807) is 4.90 Å². The molecule has 7 heteroatoms. The number of amides is 3. The fourth-order valence-corrected chi connectivity index (χ4v) is 3.90. The predicted molar refractivity (Wildman–Crippen MR) is 115 cm³/mol. The van der Waals surface area contributed by atoms with E-state index in [1.165, 1.54) is 0 Å². The van der Waals surface area contributed by atoms with Gasteiger partial charge in [0.15, 0.2) is 0 Å². The smallest absolute Gasteiger partial charge is 0.318 e. The third-order valence-electron chi connectivity index (χ3n) is 5.04. The standard InChI is InChI=1S/C22H29ClN4O2/c1-5-25(21(29)24-22(2,3)4)15-19(28)27-14-13-26-12-8-11-18(26)20(27)16-9-6-7-10-17(16)23/h6-12,20H,5,13-15H2,1-4H3,(H,24,29). The predicted octanol–water partition coefficient (Wildman–Crippen LogP) is 3.90. The summed E-state index contributed by atoms with van der Waals surface area (Å²) in [4.78, 5) is 29.3. The van der Waals surface area contributed by atoms with Crippen molar-refractivity contribution in [3.63, 3.8) is 0 Å². The highest BCUT2D eigenvalue weighted by Crippen LogP contribution is 2.36. The molecule has 0 fully saturated rings. The van der Waals surface area contributed by atoms with Gasteiger partial charge in [0.05, 0.1) is 6.04 Å². The van der Waals surface area contributed by atoms with Gasteiger partial charge in [-0.3, -0.25) is 4.79 Å². The Morgan fingerprint density at radius 2 is 1.90 bits per heavy atom. The van der Waals surface area contributed by atoms with Gasteiger partial charge in [0.2, 0.25) is 5.91 Å². The van der Waals surface area contributed by atoms with Gasteiger partial charge in [0.25, 0.3) is 0 Å². The first kappa shape index (κ1) is 21.2. The second-order valence-corrected chi connectivity index (χ2v) is 8.74. The van der Waals surface area contributed by atoms with Gasteiger partial charge in [-0.15, -0.1) is 0 Å². The minimum atomic E-state index is -0.362. The van der Waals surface area contributed by atoms with E-state index >= 15 is 0 Å². The van der Waals surface area contributed by atoms with Crippen molar-refractivity contribution in [2.45, 2.75) is 45.8 Å². The number of hydrogen-bond donors (Lipinski definition) is 1. The fourth-order valence-electron chi connectivity index (χ4n) is 3.66. The van der Waals surface area contributed by atoms with Gasteiger partial charge in [-0.25, -0.2) is 4.79 Å². The Morgan fingerprint density at radius 1 is 1.17 bits per heavy atom. The molecule has 3 rings (SSSR count). The molecule has 29 heavy (non-hydrogen) atoms. The van der Waals surface area contributed by atoms with Gasteiger partial charge in [0, 0.05) is 42.1 Å². The molecule has 0 spiro atoms. The molecule has 0 radical (unpaired) electrons. The van der Waals surface area contributed by atoms with E-state index in [2.05, 4.69) is 9.88 Å². The molecule has 0 aliphatic carbocycles. The lowest BCUT2D eigenvalue weighted by molar-refractivity contribution is -0.134. The Hall–Kier alpha value is -2.47. The molecule has 0 bridgehead atoms. The first-order valence-corrected chi connectivity index (χ1v) is 10.3. The van der Waals surface area contributed by atoms with Crippen molar-refractivity contribution in [1.29, 1.82) is 0 Å². The van der Waals surface area contributed by atoms with Gasteiger partial charge in [0.1, 0.15) is 6.54 Å². The summed E-state index contributed by atoms with van der Waals surface area (Å²) in [7, 11) is 0. The van der Waals surface area contributed by atoms with Crippen LogP contribution in [0.1, 0.15) is 45.0 Å². The van der Waals surface area contributed by atoms with Crippen LogP contribution in [0.3, 0.4) is 0 Å². The summed E-state index contributed by atoms with van der Waals surface area (Å²) in [5, 5.41) is 3.56. The largest absolute Gasteiger partial charge is 0.348 e. The molecule has 2 aromatic rings. The maximum Gasteiger partial charge on any atom is 0.318 e. The number of urea groups is 1. The Morgan fingerprint density at radius 3 is 2.55 bits per heavy atom.